The van der Waals surface area contributed by atoms with Crippen LogP contribution < -0.4 is 15.4 Å². The van der Waals surface area contributed by atoms with Gasteiger partial charge < -0.3 is 15.4 Å². The van der Waals surface area contributed by atoms with Crippen LogP contribution in [0.25, 0.3) is 0 Å². The molecule has 0 aliphatic heterocycles. The van der Waals surface area contributed by atoms with Crippen LogP contribution in [0, 0.1) is 5.82 Å². The fraction of sp³-hybridized carbons (Fsp3) is 0.500. The van der Waals surface area contributed by atoms with Gasteiger partial charge in [0.1, 0.15) is 11.6 Å². The molecule has 0 atom stereocenters. The van der Waals surface area contributed by atoms with Crippen LogP contribution in [0.1, 0.15) is 26.7 Å². The molecule has 1 amide bonds. The molecule has 106 valence electrons. The van der Waals surface area contributed by atoms with Gasteiger partial charge in [-0.25, -0.2) is 4.39 Å². The van der Waals surface area contributed by atoms with Gasteiger partial charge in [-0.3, -0.25) is 4.79 Å². The predicted octanol–water partition coefficient (Wildman–Crippen LogP) is 2.55. The van der Waals surface area contributed by atoms with E-state index < -0.39 is 5.82 Å². The van der Waals surface area contributed by atoms with Gasteiger partial charge in [-0.05, 0) is 25.1 Å². The maximum Gasteiger partial charge on any atom is 0.224 e. The average Bonchev–Trinajstić information content (AvgIpc) is 2.37. The average molecular weight is 268 g/mol. The van der Waals surface area contributed by atoms with E-state index in [0.29, 0.717) is 18.2 Å². The number of nitrogens with one attached hydrogen (secondary N) is 2. The van der Waals surface area contributed by atoms with Gasteiger partial charge in [-0.2, -0.15) is 0 Å². The van der Waals surface area contributed by atoms with Gasteiger partial charge >= 0.3 is 0 Å². The normalized spacial score (nSPS) is 10.6. The molecule has 0 aromatic heterocycles. The Kier molecular flexibility index (Phi) is 6.29. The molecule has 5 heteroatoms. The maximum atomic E-state index is 13.5. The zero-order valence-electron chi connectivity index (χ0n) is 11.6. The van der Waals surface area contributed by atoms with E-state index in [0.717, 1.165) is 13.0 Å². The van der Waals surface area contributed by atoms with Crippen molar-refractivity contribution in [3.63, 3.8) is 0 Å². The molecular formula is C14H21FN2O2. The summed E-state index contributed by atoms with van der Waals surface area (Å²) in [7, 11) is 1.50. The molecule has 0 saturated carbocycles. The lowest BCUT2D eigenvalue weighted by Gasteiger charge is -2.09. The van der Waals surface area contributed by atoms with Gasteiger partial charge in [-0.1, -0.05) is 13.8 Å². The van der Waals surface area contributed by atoms with Gasteiger partial charge in [0.05, 0.1) is 12.8 Å². The second-order valence-electron chi connectivity index (χ2n) is 4.61. The Morgan fingerprint density at radius 2 is 2.16 bits per heavy atom. The standard InChI is InChI=1S/C14H21FN2O2/c1-10(2)16-8-4-5-14(18)17-13-9-11(19-3)6-7-12(13)15/h6-7,9-10,16H,4-5,8H2,1-3H3,(H,17,18). The minimum absolute atomic E-state index is 0.154. The molecule has 1 aromatic rings. The summed E-state index contributed by atoms with van der Waals surface area (Å²) in [5.74, 6) is -0.148. The molecule has 4 nitrogen and oxygen atoms in total. The van der Waals surface area contributed by atoms with E-state index in [-0.39, 0.29) is 11.6 Å². The molecule has 0 bridgehead atoms. The summed E-state index contributed by atoms with van der Waals surface area (Å²) < 4.78 is 18.5. The van der Waals surface area contributed by atoms with E-state index >= 15 is 0 Å². The number of hydrogen-bond donors (Lipinski definition) is 2. The number of methoxy groups -OCH3 is 1. The highest BCUT2D eigenvalue weighted by molar-refractivity contribution is 5.91. The highest BCUT2D eigenvalue weighted by Gasteiger charge is 2.08. The minimum atomic E-state index is -0.463. The Bertz CT molecular complexity index is 422. The Morgan fingerprint density at radius 1 is 1.42 bits per heavy atom. The summed E-state index contributed by atoms with van der Waals surface area (Å²) in [5.41, 5.74) is 0.154. The number of carbonyl (C=O) groups excluding carboxylic acids is 1. The fourth-order valence-electron chi connectivity index (χ4n) is 1.58. The minimum Gasteiger partial charge on any atom is -0.497 e. The second-order valence-corrected chi connectivity index (χ2v) is 4.61. The molecule has 1 rings (SSSR count). The number of benzene rings is 1. The second kappa shape index (κ2) is 7.74. The van der Waals surface area contributed by atoms with Gasteiger partial charge in [-0.15, -0.1) is 0 Å². The zero-order valence-corrected chi connectivity index (χ0v) is 11.6. The summed E-state index contributed by atoms with van der Waals surface area (Å²) in [6, 6.07) is 4.66. The third-order valence-electron chi connectivity index (χ3n) is 2.58. The quantitative estimate of drug-likeness (QED) is 0.747. The van der Waals surface area contributed by atoms with Crippen molar-refractivity contribution in [2.45, 2.75) is 32.7 Å². The fourth-order valence-corrected chi connectivity index (χ4v) is 1.58. The van der Waals surface area contributed by atoms with Gasteiger partial charge in [0, 0.05) is 18.5 Å². The molecule has 19 heavy (non-hydrogen) atoms. The van der Waals surface area contributed by atoms with E-state index in [1.807, 2.05) is 13.8 Å². The van der Waals surface area contributed by atoms with Crippen LogP contribution in [0.2, 0.25) is 0 Å². The summed E-state index contributed by atoms with van der Waals surface area (Å²) in [6.07, 6.45) is 1.08. The van der Waals surface area contributed by atoms with E-state index in [9.17, 15) is 9.18 Å². The van der Waals surface area contributed by atoms with Crippen molar-refractivity contribution in [1.29, 1.82) is 0 Å². The molecule has 0 aliphatic carbocycles. The van der Waals surface area contributed by atoms with E-state index in [2.05, 4.69) is 10.6 Å². The number of carbonyl (C=O) groups is 1. The first kappa shape index (κ1) is 15.4. The summed E-state index contributed by atoms with van der Waals surface area (Å²) in [5, 5.41) is 5.77. The van der Waals surface area contributed by atoms with Crippen molar-refractivity contribution in [2.24, 2.45) is 0 Å². The smallest absolute Gasteiger partial charge is 0.224 e. The predicted molar refractivity (Wildman–Crippen MR) is 74.0 cm³/mol. The topological polar surface area (TPSA) is 50.4 Å². The number of hydrogen-bond acceptors (Lipinski definition) is 3. The third-order valence-corrected chi connectivity index (χ3v) is 2.58. The van der Waals surface area contributed by atoms with Crippen molar-refractivity contribution in [3.05, 3.63) is 24.0 Å². The number of anilines is 1. The number of rotatable bonds is 7. The first-order valence-corrected chi connectivity index (χ1v) is 6.39. The lowest BCUT2D eigenvalue weighted by Crippen LogP contribution is -2.24. The van der Waals surface area contributed by atoms with Crippen LogP contribution in [-0.2, 0) is 4.79 Å². The molecule has 0 aliphatic rings. The number of ether oxygens (including phenoxy) is 1. The summed E-state index contributed by atoms with van der Waals surface area (Å²) >= 11 is 0. The van der Waals surface area contributed by atoms with Crippen molar-refractivity contribution in [1.82, 2.24) is 5.32 Å². The molecule has 1 aromatic carbocycles. The van der Waals surface area contributed by atoms with Crippen molar-refractivity contribution < 1.29 is 13.9 Å². The summed E-state index contributed by atoms with van der Waals surface area (Å²) in [6.45, 7) is 4.86. The highest BCUT2D eigenvalue weighted by Crippen LogP contribution is 2.21. The number of amides is 1. The van der Waals surface area contributed by atoms with E-state index in [1.54, 1.807) is 0 Å². The van der Waals surface area contributed by atoms with Crippen molar-refractivity contribution in [3.8, 4) is 5.75 Å². The number of halogens is 1. The van der Waals surface area contributed by atoms with Gasteiger partial charge in [0.2, 0.25) is 5.91 Å². The molecule has 0 heterocycles. The molecule has 0 spiro atoms. The van der Waals surface area contributed by atoms with Crippen LogP contribution in [0.4, 0.5) is 10.1 Å². The molecule has 0 saturated heterocycles. The van der Waals surface area contributed by atoms with Crippen LogP contribution >= 0.6 is 0 Å². The SMILES string of the molecule is COc1ccc(F)c(NC(=O)CCCNC(C)C)c1. The highest BCUT2D eigenvalue weighted by atomic mass is 19.1. The Hall–Kier alpha value is -1.62. The molecule has 0 fully saturated rings. The Labute approximate surface area is 113 Å². The van der Waals surface area contributed by atoms with Crippen LogP contribution in [-0.4, -0.2) is 25.6 Å². The monoisotopic (exact) mass is 268 g/mol. The lowest BCUT2D eigenvalue weighted by atomic mass is 10.2. The van der Waals surface area contributed by atoms with Crippen molar-refractivity contribution >= 4 is 11.6 Å². The van der Waals surface area contributed by atoms with Gasteiger partial charge in [0.25, 0.3) is 0 Å². The Morgan fingerprint density at radius 3 is 2.79 bits per heavy atom. The van der Waals surface area contributed by atoms with Crippen LogP contribution in [0.3, 0.4) is 0 Å². The first-order valence-electron chi connectivity index (χ1n) is 6.39. The largest absolute Gasteiger partial charge is 0.497 e. The lowest BCUT2D eigenvalue weighted by molar-refractivity contribution is -0.116. The summed E-state index contributed by atoms with van der Waals surface area (Å²) in [4.78, 5) is 11.7. The Balaban J connectivity index is 2.43. The molecule has 0 radical (unpaired) electrons. The molecule has 2 N–H and O–H groups in total. The molecular weight excluding hydrogens is 247 g/mol. The zero-order chi connectivity index (χ0) is 14.3. The maximum absolute atomic E-state index is 13.5. The van der Waals surface area contributed by atoms with Gasteiger partial charge in [0.15, 0.2) is 0 Å². The van der Waals surface area contributed by atoms with E-state index in [4.69, 9.17) is 4.74 Å². The van der Waals surface area contributed by atoms with E-state index in [1.165, 1.54) is 25.3 Å². The third kappa shape index (κ3) is 5.70. The van der Waals surface area contributed by atoms with Crippen molar-refractivity contribution in [2.75, 3.05) is 19.0 Å². The van der Waals surface area contributed by atoms with Crippen LogP contribution in [0.15, 0.2) is 18.2 Å². The van der Waals surface area contributed by atoms with Crippen LogP contribution in [0.5, 0.6) is 5.75 Å². The first-order chi connectivity index (χ1) is 9.02. The molecule has 0 unspecified atom stereocenters.